The van der Waals surface area contributed by atoms with Crippen LogP contribution in [0.2, 0.25) is 0 Å². The maximum atomic E-state index is 11.4. The standard InChI is InChI=1S/C9H13N3O2/c1-6(5-10)9(14)12-8-7(13)3-2-4-11-8/h2-4,6,13H,5,10H2,1H3,(H,11,12,14). The minimum absolute atomic E-state index is 0.0509. The Kier molecular flexibility index (Phi) is 3.41. The smallest absolute Gasteiger partial charge is 0.229 e. The first-order valence-corrected chi connectivity index (χ1v) is 4.30. The van der Waals surface area contributed by atoms with Gasteiger partial charge in [-0.1, -0.05) is 6.92 Å². The van der Waals surface area contributed by atoms with Crippen molar-refractivity contribution in [1.82, 2.24) is 4.98 Å². The highest BCUT2D eigenvalue weighted by Crippen LogP contribution is 2.18. The summed E-state index contributed by atoms with van der Waals surface area (Å²) in [7, 11) is 0. The summed E-state index contributed by atoms with van der Waals surface area (Å²) in [5.74, 6) is -0.430. The summed E-state index contributed by atoms with van der Waals surface area (Å²) in [6.07, 6.45) is 1.49. The van der Waals surface area contributed by atoms with Crippen LogP contribution in [0.3, 0.4) is 0 Å². The number of pyridine rings is 1. The Morgan fingerprint density at radius 3 is 3.07 bits per heavy atom. The zero-order chi connectivity index (χ0) is 10.6. The van der Waals surface area contributed by atoms with Gasteiger partial charge >= 0.3 is 0 Å². The van der Waals surface area contributed by atoms with Gasteiger partial charge in [-0.05, 0) is 12.1 Å². The maximum absolute atomic E-state index is 11.4. The van der Waals surface area contributed by atoms with Gasteiger partial charge in [0.15, 0.2) is 11.6 Å². The molecule has 0 saturated heterocycles. The van der Waals surface area contributed by atoms with Crippen molar-refractivity contribution in [3.8, 4) is 5.75 Å². The van der Waals surface area contributed by atoms with Gasteiger partial charge in [0.05, 0.1) is 0 Å². The van der Waals surface area contributed by atoms with Crippen LogP contribution in [0.25, 0.3) is 0 Å². The molecule has 5 heteroatoms. The highest BCUT2D eigenvalue weighted by molar-refractivity contribution is 5.92. The van der Waals surface area contributed by atoms with Crippen molar-refractivity contribution >= 4 is 11.7 Å². The van der Waals surface area contributed by atoms with Crippen molar-refractivity contribution in [2.24, 2.45) is 11.7 Å². The summed E-state index contributed by atoms with van der Waals surface area (Å²) in [4.78, 5) is 15.2. The predicted molar refractivity (Wildman–Crippen MR) is 52.7 cm³/mol. The largest absolute Gasteiger partial charge is 0.504 e. The van der Waals surface area contributed by atoms with E-state index in [0.29, 0.717) is 0 Å². The van der Waals surface area contributed by atoms with E-state index in [4.69, 9.17) is 5.73 Å². The zero-order valence-electron chi connectivity index (χ0n) is 7.90. The van der Waals surface area contributed by atoms with Crippen LogP contribution in [0, 0.1) is 5.92 Å². The van der Waals surface area contributed by atoms with Crippen molar-refractivity contribution in [3.63, 3.8) is 0 Å². The minimum Gasteiger partial charge on any atom is -0.504 e. The topological polar surface area (TPSA) is 88.2 Å². The van der Waals surface area contributed by atoms with Gasteiger partial charge < -0.3 is 16.2 Å². The number of rotatable bonds is 3. The molecule has 0 bridgehead atoms. The van der Waals surface area contributed by atoms with Gasteiger partial charge in [0.2, 0.25) is 5.91 Å². The number of aromatic nitrogens is 1. The van der Waals surface area contributed by atoms with E-state index in [1.807, 2.05) is 0 Å². The Hall–Kier alpha value is -1.62. The molecule has 4 N–H and O–H groups in total. The second kappa shape index (κ2) is 4.57. The van der Waals surface area contributed by atoms with E-state index in [9.17, 15) is 9.90 Å². The summed E-state index contributed by atoms with van der Waals surface area (Å²) < 4.78 is 0. The number of carbonyl (C=O) groups excluding carboxylic acids is 1. The molecule has 0 aliphatic carbocycles. The number of amides is 1. The molecule has 0 spiro atoms. The molecule has 1 amide bonds. The van der Waals surface area contributed by atoms with E-state index in [1.54, 1.807) is 13.0 Å². The first-order valence-electron chi connectivity index (χ1n) is 4.30. The average molecular weight is 195 g/mol. The molecule has 0 aliphatic rings. The highest BCUT2D eigenvalue weighted by atomic mass is 16.3. The van der Waals surface area contributed by atoms with E-state index in [-0.39, 0.29) is 29.9 Å². The third-order valence-corrected chi connectivity index (χ3v) is 1.83. The summed E-state index contributed by atoms with van der Waals surface area (Å²) >= 11 is 0. The molecule has 0 fully saturated rings. The number of nitrogens with zero attached hydrogens (tertiary/aromatic N) is 1. The molecular formula is C9H13N3O2. The second-order valence-corrected chi connectivity index (χ2v) is 3.00. The summed E-state index contributed by atoms with van der Waals surface area (Å²) in [6.45, 7) is 1.97. The van der Waals surface area contributed by atoms with Crippen molar-refractivity contribution in [3.05, 3.63) is 18.3 Å². The SMILES string of the molecule is CC(CN)C(=O)Nc1ncccc1O. The van der Waals surface area contributed by atoms with Gasteiger partial charge in [-0.15, -0.1) is 0 Å². The summed E-state index contributed by atoms with van der Waals surface area (Å²) in [5.41, 5.74) is 5.32. The highest BCUT2D eigenvalue weighted by Gasteiger charge is 2.12. The second-order valence-electron chi connectivity index (χ2n) is 3.00. The van der Waals surface area contributed by atoms with Crippen LogP contribution in [-0.2, 0) is 4.79 Å². The van der Waals surface area contributed by atoms with Gasteiger partial charge in [0.1, 0.15) is 0 Å². The van der Waals surface area contributed by atoms with Gasteiger partial charge in [-0.2, -0.15) is 0 Å². The lowest BCUT2D eigenvalue weighted by atomic mass is 10.2. The first kappa shape index (κ1) is 10.5. The Bertz CT molecular complexity index is 328. The molecular weight excluding hydrogens is 182 g/mol. The van der Waals surface area contributed by atoms with Crippen LogP contribution in [0.5, 0.6) is 5.75 Å². The van der Waals surface area contributed by atoms with Crippen molar-refractivity contribution < 1.29 is 9.90 Å². The van der Waals surface area contributed by atoms with Gasteiger partial charge in [0, 0.05) is 18.7 Å². The Labute approximate surface area is 82.0 Å². The molecule has 5 nitrogen and oxygen atoms in total. The number of hydrogen-bond donors (Lipinski definition) is 3. The number of carbonyl (C=O) groups is 1. The predicted octanol–water partition coefficient (Wildman–Crippen LogP) is 0.320. The van der Waals surface area contributed by atoms with E-state index >= 15 is 0 Å². The number of hydrogen-bond acceptors (Lipinski definition) is 4. The fourth-order valence-electron chi connectivity index (χ4n) is 0.840. The minimum atomic E-state index is -0.295. The quantitative estimate of drug-likeness (QED) is 0.648. The molecule has 1 aromatic heterocycles. The van der Waals surface area contributed by atoms with E-state index in [0.717, 1.165) is 0 Å². The number of nitrogens with one attached hydrogen (secondary N) is 1. The van der Waals surface area contributed by atoms with E-state index in [1.165, 1.54) is 12.3 Å². The van der Waals surface area contributed by atoms with Gasteiger partial charge in [-0.3, -0.25) is 4.79 Å². The third-order valence-electron chi connectivity index (χ3n) is 1.83. The van der Waals surface area contributed by atoms with Crippen LogP contribution >= 0.6 is 0 Å². The lowest BCUT2D eigenvalue weighted by Crippen LogP contribution is -2.27. The van der Waals surface area contributed by atoms with Gasteiger partial charge in [0.25, 0.3) is 0 Å². The average Bonchev–Trinajstić information content (AvgIpc) is 2.20. The molecule has 14 heavy (non-hydrogen) atoms. The Morgan fingerprint density at radius 1 is 1.79 bits per heavy atom. The molecule has 0 aromatic carbocycles. The monoisotopic (exact) mass is 195 g/mol. The van der Waals surface area contributed by atoms with Crippen LogP contribution in [0.4, 0.5) is 5.82 Å². The number of aromatic hydroxyl groups is 1. The lowest BCUT2D eigenvalue weighted by molar-refractivity contribution is -0.119. The molecule has 0 aliphatic heterocycles. The molecule has 1 aromatic rings. The van der Waals surface area contributed by atoms with Crippen molar-refractivity contribution in [2.75, 3.05) is 11.9 Å². The zero-order valence-corrected chi connectivity index (χ0v) is 7.90. The summed E-state index contributed by atoms with van der Waals surface area (Å²) in [6, 6.07) is 3.03. The van der Waals surface area contributed by atoms with E-state index in [2.05, 4.69) is 10.3 Å². The van der Waals surface area contributed by atoms with Gasteiger partial charge in [-0.25, -0.2) is 4.98 Å². The molecule has 76 valence electrons. The van der Waals surface area contributed by atoms with E-state index < -0.39 is 0 Å². The fourth-order valence-corrected chi connectivity index (χ4v) is 0.840. The molecule has 0 radical (unpaired) electrons. The number of nitrogens with two attached hydrogens (primary N) is 1. The third kappa shape index (κ3) is 2.43. The Balaban J connectivity index is 2.70. The normalized spacial score (nSPS) is 12.1. The molecule has 1 atom stereocenters. The summed E-state index contributed by atoms with van der Waals surface area (Å²) in [5, 5.41) is 11.8. The van der Waals surface area contributed by atoms with Crippen LogP contribution in [-0.4, -0.2) is 22.5 Å². The lowest BCUT2D eigenvalue weighted by Gasteiger charge is -2.09. The fraction of sp³-hybridized carbons (Fsp3) is 0.333. The Morgan fingerprint density at radius 2 is 2.50 bits per heavy atom. The molecule has 1 unspecified atom stereocenters. The van der Waals surface area contributed by atoms with Crippen LogP contribution in [0.1, 0.15) is 6.92 Å². The first-order chi connectivity index (χ1) is 6.65. The molecule has 1 rings (SSSR count). The molecule has 0 saturated carbocycles. The number of anilines is 1. The maximum Gasteiger partial charge on any atom is 0.229 e. The van der Waals surface area contributed by atoms with Crippen molar-refractivity contribution in [1.29, 1.82) is 0 Å². The van der Waals surface area contributed by atoms with Crippen LogP contribution < -0.4 is 11.1 Å². The van der Waals surface area contributed by atoms with Crippen molar-refractivity contribution in [2.45, 2.75) is 6.92 Å². The van der Waals surface area contributed by atoms with Crippen LogP contribution in [0.15, 0.2) is 18.3 Å². The molecule has 1 heterocycles.